The molecule has 1 N–H and O–H groups in total. The Kier molecular flexibility index (Phi) is 5.99. The lowest BCUT2D eigenvalue weighted by atomic mass is 10.8. The average molecular weight is 132 g/mol. The fraction of sp³-hybridized carbons (Fsp3) is 1.00. The van der Waals surface area contributed by atoms with Crippen LogP contribution in [0.3, 0.4) is 0 Å². The molecule has 2 heteroatoms. The summed E-state index contributed by atoms with van der Waals surface area (Å²) in [7, 11) is 0. The van der Waals surface area contributed by atoms with Gasteiger partial charge in [-0.1, -0.05) is 0 Å². The molecular weight excluding hydrogens is 116 g/mol. The Morgan fingerprint density at radius 1 is 1.33 bits per heavy atom. The highest BCUT2D eigenvalue weighted by atomic mass is 16.5. The van der Waals surface area contributed by atoms with E-state index in [9.17, 15) is 0 Å². The third-order valence-corrected chi connectivity index (χ3v) is 0.955. The molecular formula is C7H16O2. The number of hydrogen-bond acceptors (Lipinski definition) is 2. The third-order valence-electron chi connectivity index (χ3n) is 0.955. The van der Waals surface area contributed by atoms with E-state index in [1.54, 1.807) is 0 Å². The molecule has 0 aromatic heterocycles. The Balaban J connectivity index is 0.000000144. The highest BCUT2D eigenvalue weighted by Crippen LogP contribution is 2.16. The lowest BCUT2D eigenvalue weighted by Crippen LogP contribution is -1.84. The maximum atomic E-state index is 8.17. The van der Waals surface area contributed by atoms with Gasteiger partial charge in [0.2, 0.25) is 0 Å². The van der Waals surface area contributed by atoms with E-state index < -0.39 is 0 Å². The molecule has 1 aliphatic carbocycles. The molecule has 2 nitrogen and oxygen atoms in total. The van der Waals surface area contributed by atoms with E-state index >= 15 is 0 Å². The second-order valence-electron chi connectivity index (χ2n) is 2.01. The second kappa shape index (κ2) is 6.05. The van der Waals surface area contributed by atoms with Gasteiger partial charge in [-0.05, 0) is 26.7 Å². The van der Waals surface area contributed by atoms with Crippen molar-refractivity contribution in [1.82, 2.24) is 0 Å². The van der Waals surface area contributed by atoms with Gasteiger partial charge in [-0.25, -0.2) is 0 Å². The molecule has 0 aromatic carbocycles. The molecule has 0 aromatic rings. The van der Waals surface area contributed by atoms with Crippen molar-refractivity contribution in [2.45, 2.75) is 32.8 Å². The zero-order valence-electron chi connectivity index (χ0n) is 6.26. The van der Waals surface area contributed by atoms with Crippen molar-refractivity contribution in [1.29, 1.82) is 0 Å². The van der Waals surface area contributed by atoms with Gasteiger partial charge >= 0.3 is 0 Å². The Morgan fingerprint density at radius 2 is 1.67 bits per heavy atom. The molecule has 0 amide bonds. The van der Waals surface area contributed by atoms with Crippen LogP contribution >= 0.6 is 0 Å². The van der Waals surface area contributed by atoms with Gasteiger partial charge in [-0.3, -0.25) is 0 Å². The smallest absolute Gasteiger partial charge is 0.0542 e. The maximum absolute atomic E-state index is 8.17. The molecule has 0 aliphatic heterocycles. The molecule has 1 saturated carbocycles. The standard InChI is InChI=1S/C4H10O.C3H6O/c1-3-5-4-2;4-3-1-2-3/h3-4H2,1-2H3;3-4H,1-2H2. The summed E-state index contributed by atoms with van der Waals surface area (Å²) in [5.74, 6) is 0. The lowest BCUT2D eigenvalue weighted by Gasteiger charge is -1.86. The summed E-state index contributed by atoms with van der Waals surface area (Å²) in [5.41, 5.74) is 0. The number of aliphatic hydroxyl groups excluding tert-OH is 1. The minimum atomic E-state index is 0.0833. The maximum Gasteiger partial charge on any atom is 0.0542 e. The van der Waals surface area contributed by atoms with Gasteiger partial charge in [0.1, 0.15) is 0 Å². The largest absolute Gasteiger partial charge is 0.393 e. The first kappa shape index (κ1) is 8.92. The Hall–Kier alpha value is -0.0800. The molecule has 0 unspecified atom stereocenters. The van der Waals surface area contributed by atoms with Crippen LogP contribution in [0.15, 0.2) is 0 Å². The fourth-order valence-corrected chi connectivity index (χ4v) is 0.279. The number of ether oxygens (including phenoxy) is 1. The van der Waals surface area contributed by atoms with E-state index in [1.165, 1.54) is 0 Å². The minimum absolute atomic E-state index is 0.0833. The first-order valence-electron chi connectivity index (χ1n) is 3.57. The van der Waals surface area contributed by atoms with Crippen molar-refractivity contribution in [3.63, 3.8) is 0 Å². The topological polar surface area (TPSA) is 29.5 Å². The summed E-state index contributed by atoms with van der Waals surface area (Å²) in [6, 6.07) is 0. The summed E-state index contributed by atoms with van der Waals surface area (Å²) >= 11 is 0. The number of aliphatic hydroxyl groups is 1. The molecule has 1 aliphatic rings. The van der Waals surface area contributed by atoms with E-state index in [0.717, 1.165) is 26.1 Å². The number of hydrogen-bond donors (Lipinski definition) is 1. The van der Waals surface area contributed by atoms with Crippen LogP contribution in [0.5, 0.6) is 0 Å². The van der Waals surface area contributed by atoms with E-state index in [0.29, 0.717) is 0 Å². The predicted octanol–water partition coefficient (Wildman–Crippen LogP) is 1.18. The molecule has 0 saturated heterocycles. The molecule has 0 heterocycles. The van der Waals surface area contributed by atoms with Crippen molar-refractivity contribution in [3.8, 4) is 0 Å². The van der Waals surface area contributed by atoms with Gasteiger partial charge in [-0.15, -0.1) is 0 Å². The monoisotopic (exact) mass is 132 g/mol. The van der Waals surface area contributed by atoms with Crippen LogP contribution in [0.1, 0.15) is 26.7 Å². The van der Waals surface area contributed by atoms with Crippen LogP contribution in [0.2, 0.25) is 0 Å². The first-order valence-corrected chi connectivity index (χ1v) is 3.57. The van der Waals surface area contributed by atoms with Crippen molar-refractivity contribution in [3.05, 3.63) is 0 Å². The quantitative estimate of drug-likeness (QED) is 0.611. The van der Waals surface area contributed by atoms with Crippen molar-refractivity contribution in [2.24, 2.45) is 0 Å². The van der Waals surface area contributed by atoms with E-state index in [2.05, 4.69) is 0 Å². The van der Waals surface area contributed by atoms with Gasteiger partial charge in [-0.2, -0.15) is 0 Å². The van der Waals surface area contributed by atoms with Gasteiger partial charge in [0.25, 0.3) is 0 Å². The highest BCUT2D eigenvalue weighted by molar-refractivity contribution is 4.68. The Labute approximate surface area is 56.8 Å². The van der Waals surface area contributed by atoms with Crippen molar-refractivity contribution in [2.75, 3.05) is 13.2 Å². The summed E-state index contributed by atoms with van der Waals surface area (Å²) in [6.45, 7) is 5.67. The second-order valence-corrected chi connectivity index (χ2v) is 2.01. The Bertz CT molecular complexity index is 48.9. The first-order chi connectivity index (χ1) is 4.31. The molecule has 0 spiro atoms. The normalized spacial score (nSPS) is 16.3. The SMILES string of the molecule is CCOCC.OC1CC1. The molecule has 0 radical (unpaired) electrons. The van der Waals surface area contributed by atoms with Crippen LogP contribution in [0.4, 0.5) is 0 Å². The van der Waals surface area contributed by atoms with Gasteiger partial charge in [0.15, 0.2) is 0 Å². The fourth-order valence-electron chi connectivity index (χ4n) is 0.279. The average Bonchev–Trinajstić information content (AvgIpc) is 2.55. The van der Waals surface area contributed by atoms with Crippen LogP contribution in [0.25, 0.3) is 0 Å². The van der Waals surface area contributed by atoms with Crippen LogP contribution in [-0.4, -0.2) is 24.4 Å². The van der Waals surface area contributed by atoms with Crippen LogP contribution in [-0.2, 0) is 4.74 Å². The van der Waals surface area contributed by atoms with E-state index in [4.69, 9.17) is 9.84 Å². The lowest BCUT2D eigenvalue weighted by molar-refractivity contribution is 0.162. The van der Waals surface area contributed by atoms with Crippen molar-refractivity contribution < 1.29 is 9.84 Å². The van der Waals surface area contributed by atoms with Gasteiger partial charge < -0.3 is 9.84 Å². The molecule has 0 atom stereocenters. The predicted molar refractivity (Wildman–Crippen MR) is 37.4 cm³/mol. The summed E-state index contributed by atoms with van der Waals surface area (Å²) in [4.78, 5) is 0. The molecule has 9 heavy (non-hydrogen) atoms. The van der Waals surface area contributed by atoms with Crippen LogP contribution < -0.4 is 0 Å². The zero-order chi connectivity index (χ0) is 7.11. The third kappa shape index (κ3) is 11.5. The molecule has 1 rings (SSSR count). The molecule has 56 valence electrons. The van der Waals surface area contributed by atoms with Gasteiger partial charge in [0.05, 0.1) is 6.10 Å². The van der Waals surface area contributed by atoms with E-state index in [1.807, 2.05) is 13.8 Å². The van der Waals surface area contributed by atoms with Gasteiger partial charge in [0, 0.05) is 13.2 Å². The van der Waals surface area contributed by atoms with E-state index in [-0.39, 0.29) is 6.10 Å². The number of rotatable bonds is 2. The summed E-state index contributed by atoms with van der Waals surface area (Å²) < 4.78 is 4.83. The summed E-state index contributed by atoms with van der Waals surface area (Å²) in [6.07, 6.45) is 2.17. The Morgan fingerprint density at radius 3 is 1.67 bits per heavy atom. The molecule has 0 bridgehead atoms. The minimum Gasteiger partial charge on any atom is -0.393 e. The molecule has 1 fully saturated rings. The highest BCUT2D eigenvalue weighted by Gasteiger charge is 2.15. The zero-order valence-corrected chi connectivity index (χ0v) is 6.26. The van der Waals surface area contributed by atoms with Crippen molar-refractivity contribution >= 4 is 0 Å². The van der Waals surface area contributed by atoms with Crippen LogP contribution in [0, 0.1) is 0 Å². The summed E-state index contributed by atoms with van der Waals surface area (Å²) in [5, 5.41) is 8.17.